The zero-order chi connectivity index (χ0) is 24.9. The first kappa shape index (κ1) is 27.5. The molecule has 5 nitrogen and oxygen atoms in total. The van der Waals surface area contributed by atoms with Gasteiger partial charge in [-0.3, -0.25) is 4.79 Å². The summed E-state index contributed by atoms with van der Waals surface area (Å²) in [7, 11) is 0. The fourth-order valence-corrected chi connectivity index (χ4v) is 2.82. The summed E-state index contributed by atoms with van der Waals surface area (Å²) in [5.41, 5.74) is 2.09. The Bertz CT molecular complexity index is 764. The standard InChI is InChI=1S/C16H18F6N2O.C2HF3O2/c17-15(18,19)11-5-10(6-12(7-11)16(20,21)22)14(25)24-8-9-1-3-13(23)4-2-9;3-2(4,5)1(6)7/h5-7,9,13H,1-4,8,23H2,(H,24,25);(H,6,7). The van der Waals surface area contributed by atoms with Crippen molar-refractivity contribution in [2.75, 3.05) is 6.54 Å². The fraction of sp³-hybridized carbons (Fsp3) is 0.556. The van der Waals surface area contributed by atoms with Crippen LogP contribution in [0.25, 0.3) is 0 Å². The Morgan fingerprint density at radius 1 is 0.875 bits per heavy atom. The van der Waals surface area contributed by atoms with Crippen LogP contribution in [0.2, 0.25) is 0 Å². The van der Waals surface area contributed by atoms with Gasteiger partial charge in [-0.1, -0.05) is 0 Å². The van der Waals surface area contributed by atoms with Crippen LogP contribution in [-0.4, -0.2) is 35.7 Å². The summed E-state index contributed by atoms with van der Waals surface area (Å²) >= 11 is 0. The lowest BCUT2D eigenvalue weighted by Crippen LogP contribution is -2.34. The molecule has 0 spiro atoms. The second-order valence-corrected chi connectivity index (χ2v) is 7.09. The molecule has 0 heterocycles. The van der Waals surface area contributed by atoms with Crippen molar-refractivity contribution in [3.8, 4) is 0 Å². The number of nitrogens with two attached hydrogens (primary N) is 1. The van der Waals surface area contributed by atoms with Gasteiger partial charge in [-0.25, -0.2) is 4.79 Å². The summed E-state index contributed by atoms with van der Waals surface area (Å²) in [5.74, 6) is -3.59. The third-order valence-corrected chi connectivity index (χ3v) is 4.54. The number of carbonyl (C=O) groups is 2. The highest BCUT2D eigenvalue weighted by Gasteiger charge is 2.38. The first-order valence-electron chi connectivity index (χ1n) is 9.04. The molecule has 1 aromatic carbocycles. The molecule has 14 heteroatoms. The number of carboxylic acid groups (broad SMARTS) is 1. The van der Waals surface area contributed by atoms with E-state index >= 15 is 0 Å². The van der Waals surface area contributed by atoms with Crippen molar-refractivity contribution in [3.63, 3.8) is 0 Å². The number of amides is 1. The SMILES string of the molecule is NC1CCC(CNC(=O)c2cc(C(F)(F)F)cc(C(F)(F)F)c2)CC1.O=C(O)C(F)(F)F. The molecule has 4 N–H and O–H groups in total. The van der Waals surface area contributed by atoms with Gasteiger partial charge in [0.05, 0.1) is 11.1 Å². The lowest BCUT2D eigenvalue weighted by Gasteiger charge is -2.26. The van der Waals surface area contributed by atoms with Crippen LogP contribution in [0.15, 0.2) is 18.2 Å². The highest BCUT2D eigenvalue weighted by molar-refractivity contribution is 5.94. The van der Waals surface area contributed by atoms with Crippen molar-refractivity contribution in [1.29, 1.82) is 0 Å². The topological polar surface area (TPSA) is 92.4 Å². The minimum absolute atomic E-state index is 0.000691. The van der Waals surface area contributed by atoms with E-state index in [0.717, 1.165) is 25.7 Å². The molecular formula is C18H19F9N2O3. The van der Waals surface area contributed by atoms with Crippen LogP contribution in [0.1, 0.15) is 47.2 Å². The van der Waals surface area contributed by atoms with Gasteiger partial charge in [0.25, 0.3) is 5.91 Å². The molecule has 1 saturated carbocycles. The average molecular weight is 482 g/mol. The van der Waals surface area contributed by atoms with Crippen LogP contribution in [0.3, 0.4) is 0 Å². The second-order valence-electron chi connectivity index (χ2n) is 7.09. The van der Waals surface area contributed by atoms with Crippen molar-refractivity contribution < 1.29 is 54.2 Å². The first-order chi connectivity index (χ1) is 14.4. The number of benzene rings is 1. The smallest absolute Gasteiger partial charge is 0.475 e. The minimum Gasteiger partial charge on any atom is -0.475 e. The lowest BCUT2D eigenvalue weighted by atomic mass is 9.86. The normalized spacial score (nSPS) is 19.6. The number of alkyl halides is 9. The van der Waals surface area contributed by atoms with Gasteiger partial charge < -0.3 is 16.2 Å². The summed E-state index contributed by atoms with van der Waals surface area (Å²) in [4.78, 5) is 20.9. The number of halogens is 9. The minimum atomic E-state index is -5.08. The van der Waals surface area contributed by atoms with Crippen LogP contribution < -0.4 is 11.1 Å². The van der Waals surface area contributed by atoms with Gasteiger partial charge >= 0.3 is 24.5 Å². The van der Waals surface area contributed by atoms with Crippen LogP contribution in [0.4, 0.5) is 39.5 Å². The highest BCUT2D eigenvalue weighted by atomic mass is 19.4. The van der Waals surface area contributed by atoms with Gasteiger partial charge in [-0.2, -0.15) is 39.5 Å². The molecule has 0 saturated heterocycles. The zero-order valence-electron chi connectivity index (χ0n) is 16.2. The Labute approximate surface area is 175 Å². The van der Waals surface area contributed by atoms with Gasteiger partial charge in [-0.15, -0.1) is 0 Å². The van der Waals surface area contributed by atoms with E-state index in [1.807, 2.05) is 0 Å². The monoisotopic (exact) mass is 482 g/mol. The summed E-state index contributed by atoms with van der Waals surface area (Å²) in [6.45, 7) is 0.198. The summed E-state index contributed by atoms with van der Waals surface area (Å²) in [6.07, 6.45) is -12.0. The third kappa shape index (κ3) is 8.93. The predicted molar refractivity (Wildman–Crippen MR) is 92.4 cm³/mol. The quantitative estimate of drug-likeness (QED) is 0.549. The maximum atomic E-state index is 12.8. The van der Waals surface area contributed by atoms with Crippen LogP contribution in [0.5, 0.6) is 0 Å². The number of hydrogen-bond acceptors (Lipinski definition) is 3. The molecule has 1 aromatic rings. The number of carbonyl (C=O) groups excluding carboxylic acids is 1. The Morgan fingerprint density at radius 2 is 1.28 bits per heavy atom. The van der Waals surface area contributed by atoms with Crippen molar-refractivity contribution in [2.45, 2.75) is 50.3 Å². The predicted octanol–water partition coefficient (Wildman–Crippen LogP) is 4.60. The first-order valence-corrected chi connectivity index (χ1v) is 9.04. The maximum Gasteiger partial charge on any atom is 0.490 e. The molecule has 1 aliphatic carbocycles. The number of carboxylic acids is 1. The third-order valence-electron chi connectivity index (χ3n) is 4.54. The van der Waals surface area contributed by atoms with Gasteiger partial charge in [0.15, 0.2) is 0 Å². The molecular weight excluding hydrogens is 463 g/mol. The van der Waals surface area contributed by atoms with Crippen molar-refractivity contribution in [2.24, 2.45) is 11.7 Å². The van der Waals surface area contributed by atoms with Crippen LogP contribution >= 0.6 is 0 Å². The molecule has 1 fully saturated rings. The average Bonchev–Trinajstić information content (AvgIpc) is 2.65. The van der Waals surface area contributed by atoms with E-state index in [1.165, 1.54) is 0 Å². The Balaban J connectivity index is 0.000000633. The second kappa shape index (κ2) is 10.4. The van der Waals surface area contributed by atoms with Gasteiger partial charge in [0.2, 0.25) is 0 Å². The van der Waals surface area contributed by atoms with Crippen molar-refractivity contribution in [1.82, 2.24) is 5.32 Å². The zero-order valence-corrected chi connectivity index (χ0v) is 16.2. The fourth-order valence-electron chi connectivity index (χ4n) is 2.82. The molecule has 2 rings (SSSR count). The van der Waals surface area contributed by atoms with E-state index in [2.05, 4.69) is 5.32 Å². The number of rotatable bonds is 3. The van der Waals surface area contributed by atoms with Crippen molar-refractivity contribution in [3.05, 3.63) is 34.9 Å². The number of nitrogens with one attached hydrogen (secondary N) is 1. The number of aliphatic carboxylic acids is 1. The molecule has 0 aliphatic heterocycles. The van der Waals surface area contributed by atoms with Gasteiger partial charge in [-0.05, 0) is 49.8 Å². The maximum absolute atomic E-state index is 12.8. The highest BCUT2D eigenvalue weighted by Crippen LogP contribution is 2.36. The molecule has 0 bridgehead atoms. The number of hydrogen-bond donors (Lipinski definition) is 3. The molecule has 0 aromatic heterocycles. The molecule has 32 heavy (non-hydrogen) atoms. The molecule has 1 amide bonds. The van der Waals surface area contributed by atoms with E-state index in [-0.39, 0.29) is 24.6 Å². The Kier molecular flexibility index (Phi) is 8.95. The van der Waals surface area contributed by atoms with E-state index in [4.69, 9.17) is 15.6 Å². The molecule has 0 radical (unpaired) electrons. The molecule has 0 atom stereocenters. The van der Waals surface area contributed by atoms with Crippen molar-refractivity contribution >= 4 is 11.9 Å². The summed E-state index contributed by atoms with van der Waals surface area (Å²) in [6, 6.07) is 0.965. The van der Waals surface area contributed by atoms with E-state index < -0.39 is 47.1 Å². The molecule has 0 unspecified atom stereocenters. The van der Waals surface area contributed by atoms with E-state index in [9.17, 15) is 44.3 Å². The molecule has 1 aliphatic rings. The van der Waals surface area contributed by atoms with Crippen LogP contribution in [0, 0.1) is 5.92 Å². The largest absolute Gasteiger partial charge is 0.490 e. The van der Waals surface area contributed by atoms with Gasteiger partial charge in [0.1, 0.15) is 0 Å². The molecule has 182 valence electrons. The summed E-state index contributed by atoms with van der Waals surface area (Å²) < 4.78 is 109. The van der Waals surface area contributed by atoms with E-state index in [0.29, 0.717) is 12.1 Å². The summed E-state index contributed by atoms with van der Waals surface area (Å²) in [5, 5.41) is 9.55. The Morgan fingerprint density at radius 3 is 1.62 bits per heavy atom. The van der Waals surface area contributed by atoms with E-state index in [1.54, 1.807) is 0 Å². The van der Waals surface area contributed by atoms with Crippen LogP contribution in [-0.2, 0) is 17.1 Å². The Hall–Kier alpha value is -2.51. The van der Waals surface area contributed by atoms with Gasteiger partial charge in [0, 0.05) is 18.2 Å². The lowest BCUT2D eigenvalue weighted by molar-refractivity contribution is -0.192.